The van der Waals surface area contributed by atoms with Crippen LogP contribution in [0.3, 0.4) is 0 Å². The normalized spacial score (nSPS) is 27.5. The molecule has 19 heavy (non-hydrogen) atoms. The molecule has 2 N–H and O–H groups in total. The van der Waals surface area contributed by atoms with E-state index >= 15 is 0 Å². The monoisotopic (exact) mass is 266 g/mol. The van der Waals surface area contributed by atoms with Crippen LogP contribution in [0.25, 0.3) is 0 Å². The van der Waals surface area contributed by atoms with Crippen LogP contribution in [0.5, 0.6) is 0 Å². The van der Waals surface area contributed by atoms with E-state index in [9.17, 15) is 4.79 Å². The maximum absolute atomic E-state index is 11.6. The highest BCUT2D eigenvalue weighted by Gasteiger charge is 2.25. The van der Waals surface area contributed by atoms with Gasteiger partial charge in [-0.05, 0) is 12.3 Å². The van der Waals surface area contributed by atoms with Gasteiger partial charge in [-0.25, -0.2) is 0 Å². The minimum Gasteiger partial charge on any atom is -0.381 e. The fourth-order valence-corrected chi connectivity index (χ4v) is 2.45. The van der Waals surface area contributed by atoms with E-state index in [4.69, 9.17) is 9.26 Å². The zero-order chi connectivity index (χ0) is 13.1. The number of hydrogen-bond acceptors (Lipinski definition) is 6. The molecule has 7 heteroatoms. The van der Waals surface area contributed by atoms with Crippen molar-refractivity contribution in [1.82, 2.24) is 20.8 Å². The van der Waals surface area contributed by atoms with Crippen LogP contribution in [0.4, 0.5) is 0 Å². The van der Waals surface area contributed by atoms with Crippen LogP contribution in [0.15, 0.2) is 4.52 Å². The molecule has 0 radical (unpaired) electrons. The molecule has 2 saturated heterocycles. The lowest BCUT2D eigenvalue weighted by Gasteiger charge is -2.21. The van der Waals surface area contributed by atoms with Gasteiger partial charge in [-0.15, -0.1) is 0 Å². The van der Waals surface area contributed by atoms with Crippen molar-refractivity contribution >= 4 is 5.91 Å². The highest BCUT2D eigenvalue weighted by atomic mass is 16.5. The minimum absolute atomic E-state index is 0.00445. The Balaban J connectivity index is 1.56. The van der Waals surface area contributed by atoms with Crippen LogP contribution >= 0.6 is 0 Å². The number of piperazine rings is 1. The highest BCUT2D eigenvalue weighted by molar-refractivity contribution is 5.82. The van der Waals surface area contributed by atoms with Gasteiger partial charge in [0.15, 0.2) is 5.82 Å². The zero-order valence-electron chi connectivity index (χ0n) is 10.7. The summed E-state index contributed by atoms with van der Waals surface area (Å²) in [6.45, 7) is 3.04. The van der Waals surface area contributed by atoms with Gasteiger partial charge in [0, 0.05) is 32.7 Å². The van der Waals surface area contributed by atoms with Crippen molar-refractivity contribution in [2.24, 2.45) is 5.92 Å². The van der Waals surface area contributed by atoms with Gasteiger partial charge in [0.1, 0.15) is 0 Å². The van der Waals surface area contributed by atoms with Crippen molar-refractivity contribution in [3.63, 3.8) is 0 Å². The molecule has 104 valence electrons. The molecule has 2 unspecified atom stereocenters. The lowest BCUT2D eigenvalue weighted by molar-refractivity contribution is -0.124. The lowest BCUT2D eigenvalue weighted by Crippen LogP contribution is -2.53. The number of hydrogen-bond donors (Lipinski definition) is 2. The Morgan fingerprint density at radius 3 is 3.05 bits per heavy atom. The maximum Gasteiger partial charge on any atom is 0.237 e. The Morgan fingerprint density at radius 2 is 2.26 bits per heavy atom. The Kier molecular flexibility index (Phi) is 3.74. The molecule has 3 rings (SSSR count). The largest absolute Gasteiger partial charge is 0.381 e. The van der Waals surface area contributed by atoms with E-state index in [2.05, 4.69) is 20.8 Å². The van der Waals surface area contributed by atoms with Crippen molar-refractivity contribution in [2.45, 2.75) is 25.3 Å². The standard InChI is InChI=1S/C12H18N4O3/c17-12-9(13-2-3-14-12)6-11-15-10(16-19-11)5-8-1-4-18-7-8/h8-9,13H,1-7H2,(H,14,17). The van der Waals surface area contributed by atoms with E-state index in [1.165, 1.54) is 0 Å². The predicted octanol–water partition coefficient (Wildman–Crippen LogP) is -0.721. The zero-order valence-corrected chi connectivity index (χ0v) is 10.7. The summed E-state index contributed by atoms with van der Waals surface area (Å²) >= 11 is 0. The summed E-state index contributed by atoms with van der Waals surface area (Å²) in [5, 5.41) is 9.92. The van der Waals surface area contributed by atoms with Crippen LogP contribution in [0.2, 0.25) is 0 Å². The molecule has 2 atom stereocenters. The van der Waals surface area contributed by atoms with Gasteiger partial charge in [0.2, 0.25) is 11.8 Å². The predicted molar refractivity (Wildman–Crippen MR) is 65.4 cm³/mol. The minimum atomic E-state index is -0.267. The third-order valence-electron chi connectivity index (χ3n) is 3.52. The Bertz CT molecular complexity index is 442. The van der Waals surface area contributed by atoms with E-state index < -0.39 is 0 Å². The van der Waals surface area contributed by atoms with Gasteiger partial charge in [-0.3, -0.25) is 4.79 Å². The molecule has 2 aliphatic heterocycles. The average molecular weight is 266 g/mol. The van der Waals surface area contributed by atoms with Crippen molar-refractivity contribution in [3.8, 4) is 0 Å². The van der Waals surface area contributed by atoms with Gasteiger partial charge < -0.3 is 19.9 Å². The van der Waals surface area contributed by atoms with Crippen LogP contribution in [-0.4, -0.2) is 48.4 Å². The number of nitrogens with one attached hydrogen (secondary N) is 2. The molecule has 3 heterocycles. The molecule has 7 nitrogen and oxygen atoms in total. The first-order valence-corrected chi connectivity index (χ1v) is 6.71. The average Bonchev–Trinajstić information content (AvgIpc) is 3.05. The molecule has 2 fully saturated rings. The quantitative estimate of drug-likeness (QED) is 0.747. The Labute approximate surface area is 111 Å². The fourth-order valence-electron chi connectivity index (χ4n) is 2.45. The maximum atomic E-state index is 11.6. The molecule has 0 spiro atoms. The van der Waals surface area contributed by atoms with E-state index in [1.54, 1.807) is 0 Å². The number of aromatic nitrogens is 2. The van der Waals surface area contributed by atoms with E-state index in [-0.39, 0.29) is 11.9 Å². The summed E-state index contributed by atoms with van der Waals surface area (Å²) in [6, 6.07) is -0.267. The van der Waals surface area contributed by atoms with Crippen LogP contribution in [0, 0.1) is 5.92 Å². The van der Waals surface area contributed by atoms with Gasteiger partial charge >= 0.3 is 0 Å². The van der Waals surface area contributed by atoms with Gasteiger partial charge in [-0.2, -0.15) is 4.98 Å². The summed E-state index contributed by atoms with van der Waals surface area (Å²) in [5.41, 5.74) is 0. The number of nitrogens with zero attached hydrogens (tertiary/aromatic N) is 2. The molecule has 1 aromatic rings. The topological polar surface area (TPSA) is 89.3 Å². The van der Waals surface area contributed by atoms with E-state index in [0.29, 0.717) is 30.6 Å². The second kappa shape index (κ2) is 5.66. The summed E-state index contributed by atoms with van der Waals surface area (Å²) in [5.74, 6) is 1.71. The number of carbonyl (C=O) groups excluding carboxylic acids is 1. The number of ether oxygens (including phenoxy) is 1. The summed E-state index contributed by atoms with van der Waals surface area (Å²) in [7, 11) is 0. The van der Waals surface area contributed by atoms with Gasteiger partial charge in [0.05, 0.1) is 12.5 Å². The fraction of sp³-hybridized carbons (Fsp3) is 0.750. The summed E-state index contributed by atoms with van der Waals surface area (Å²) in [4.78, 5) is 16.0. The second-order valence-corrected chi connectivity index (χ2v) is 5.04. The highest BCUT2D eigenvalue weighted by Crippen LogP contribution is 2.16. The second-order valence-electron chi connectivity index (χ2n) is 5.04. The molecule has 2 aliphatic rings. The van der Waals surface area contributed by atoms with Crippen LogP contribution < -0.4 is 10.6 Å². The number of rotatable bonds is 4. The van der Waals surface area contributed by atoms with Crippen molar-refractivity contribution in [2.75, 3.05) is 26.3 Å². The number of carbonyl (C=O) groups is 1. The van der Waals surface area contributed by atoms with Gasteiger partial charge in [0.25, 0.3) is 0 Å². The smallest absolute Gasteiger partial charge is 0.237 e. The van der Waals surface area contributed by atoms with E-state index in [1.807, 2.05) is 0 Å². The molecule has 1 amide bonds. The first kappa shape index (κ1) is 12.6. The Morgan fingerprint density at radius 1 is 1.32 bits per heavy atom. The lowest BCUT2D eigenvalue weighted by atomic mass is 10.1. The molecular formula is C12H18N4O3. The van der Waals surface area contributed by atoms with Gasteiger partial charge in [-0.1, -0.05) is 5.16 Å². The third kappa shape index (κ3) is 3.10. The van der Waals surface area contributed by atoms with Crippen molar-refractivity contribution in [1.29, 1.82) is 0 Å². The molecule has 0 saturated carbocycles. The van der Waals surface area contributed by atoms with Crippen molar-refractivity contribution < 1.29 is 14.1 Å². The SMILES string of the molecule is O=C1NCCNC1Cc1nc(CC2CCOC2)no1. The Hall–Kier alpha value is -1.47. The summed E-state index contributed by atoms with van der Waals surface area (Å²) < 4.78 is 10.5. The first-order chi connectivity index (χ1) is 9.31. The molecule has 0 bridgehead atoms. The third-order valence-corrected chi connectivity index (χ3v) is 3.52. The van der Waals surface area contributed by atoms with E-state index in [0.717, 1.165) is 32.6 Å². The summed E-state index contributed by atoms with van der Waals surface area (Å²) in [6.07, 6.45) is 2.28. The molecule has 1 aromatic heterocycles. The van der Waals surface area contributed by atoms with Crippen LogP contribution in [-0.2, 0) is 22.4 Å². The molecule has 0 aromatic carbocycles. The molecular weight excluding hydrogens is 248 g/mol. The van der Waals surface area contributed by atoms with Crippen LogP contribution in [0.1, 0.15) is 18.1 Å². The number of amides is 1. The first-order valence-electron chi connectivity index (χ1n) is 6.71. The molecule has 0 aliphatic carbocycles. The van der Waals surface area contributed by atoms with Crippen molar-refractivity contribution in [3.05, 3.63) is 11.7 Å².